The quantitative estimate of drug-likeness (QED) is 0.895. The molecule has 19 heavy (non-hydrogen) atoms. The van der Waals surface area contributed by atoms with E-state index in [1.54, 1.807) is 4.68 Å². The van der Waals surface area contributed by atoms with E-state index in [1.165, 1.54) is 5.56 Å². The first kappa shape index (κ1) is 13.5. The molecule has 1 heterocycles. The van der Waals surface area contributed by atoms with E-state index in [2.05, 4.69) is 12.1 Å². The zero-order chi connectivity index (χ0) is 13.8. The average molecular weight is 259 g/mol. The second kappa shape index (κ2) is 5.78. The first-order valence-electron chi connectivity index (χ1n) is 6.74. The summed E-state index contributed by atoms with van der Waals surface area (Å²) in [6.45, 7) is 5.40. The standard InChI is InChI=1S/C15H21N3O/c1-3-17-12(2)14(16)15(19)18(17)11-7-10-13-8-5-4-6-9-13/h4-6,8-9H,3,7,10-11,16H2,1-2H3. The molecule has 4 heteroatoms. The Morgan fingerprint density at radius 3 is 2.47 bits per heavy atom. The smallest absolute Gasteiger partial charge is 0.290 e. The van der Waals surface area contributed by atoms with Gasteiger partial charge in [0.05, 0.1) is 5.69 Å². The second-order valence-electron chi connectivity index (χ2n) is 4.73. The van der Waals surface area contributed by atoms with E-state index in [1.807, 2.05) is 36.7 Å². The van der Waals surface area contributed by atoms with Crippen LogP contribution in [0.2, 0.25) is 0 Å². The van der Waals surface area contributed by atoms with Gasteiger partial charge in [0.2, 0.25) is 0 Å². The van der Waals surface area contributed by atoms with Crippen molar-refractivity contribution in [2.75, 3.05) is 5.73 Å². The van der Waals surface area contributed by atoms with Gasteiger partial charge in [-0.3, -0.25) is 9.48 Å². The fourth-order valence-corrected chi connectivity index (χ4v) is 2.43. The van der Waals surface area contributed by atoms with Crippen LogP contribution in [0.1, 0.15) is 24.6 Å². The monoisotopic (exact) mass is 259 g/mol. The van der Waals surface area contributed by atoms with Crippen molar-refractivity contribution < 1.29 is 0 Å². The zero-order valence-electron chi connectivity index (χ0n) is 11.6. The molecular formula is C15H21N3O. The van der Waals surface area contributed by atoms with Crippen molar-refractivity contribution in [3.63, 3.8) is 0 Å². The lowest BCUT2D eigenvalue weighted by molar-refractivity contribution is 0.438. The number of rotatable bonds is 5. The highest BCUT2D eigenvalue weighted by Crippen LogP contribution is 2.08. The van der Waals surface area contributed by atoms with E-state index >= 15 is 0 Å². The summed E-state index contributed by atoms with van der Waals surface area (Å²) in [7, 11) is 0. The van der Waals surface area contributed by atoms with Crippen LogP contribution in [0.25, 0.3) is 0 Å². The SMILES string of the molecule is CCn1c(C)c(N)c(=O)n1CCCc1ccccc1. The first-order chi connectivity index (χ1) is 9.15. The normalized spacial score (nSPS) is 10.8. The van der Waals surface area contributed by atoms with Crippen LogP contribution < -0.4 is 11.3 Å². The summed E-state index contributed by atoms with van der Waals surface area (Å²) in [5, 5.41) is 0. The van der Waals surface area contributed by atoms with Gasteiger partial charge in [-0.25, -0.2) is 4.68 Å². The van der Waals surface area contributed by atoms with Crippen LogP contribution in [0.15, 0.2) is 35.1 Å². The molecule has 0 radical (unpaired) electrons. The molecule has 2 aromatic rings. The van der Waals surface area contributed by atoms with Crippen molar-refractivity contribution in [1.82, 2.24) is 9.36 Å². The number of aromatic nitrogens is 2. The van der Waals surface area contributed by atoms with Gasteiger partial charge in [-0.15, -0.1) is 0 Å². The lowest BCUT2D eigenvalue weighted by Gasteiger charge is -2.11. The summed E-state index contributed by atoms with van der Waals surface area (Å²) in [5.41, 5.74) is 8.29. The molecule has 0 unspecified atom stereocenters. The Balaban J connectivity index is 2.08. The van der Waals surface area contributed by atoms with E-state index in [9.17, 15) is 4.79 Å². The topological polar surface area (TPSA) is 52.9 Å². The van der Waals surface area contributed by atoms with Gasteiger partial charge in [-0.1, -0.05) is 30.3 Å². The fourth-order valence-electron chi connectivity index (χ4n) is 2.43. The summed E-state index contributed by atoms with van der Waals surface area (Å²) in [6, 6.07) is 10.3. The first-order valence-corrected chi connectivity index (χ1v) is 6.74. The molecule has 0 aliphatic carbocycles. The van der Waals surface area contributed by atoms with Crippen molar-refractivity contribution in [1.29, 1.82) is 0 Å². The summed E-state index contributed by atoms with van der Waals surface area (Å²) in [6.07, 6.45) is 1.91. The van der Waals surface area contributed by atoms with E-state index in [0.717, 1.165) is 25.1 Å². The molecule has 0 bridgehead atoms. The van der Waals surface area contributed by atoms with Gasteiger partial charge in [0.15, 0.2) is 0 Å². The van der Waals surface area contributed by atoms with Gasteiger partial charge >= 0.3 is 0 Å². The molecule has 2 rings (SSSR count). The van der Waals surface area contributed by atoms with Crippen molar-refractivity contribution in [2.24, 2.45) is 0 Å². The number of benzene rings is 1. The maximum Gasteiger partial charge on any atom is 0.290 e. The van der Waals surface area contributed by atoms with E-state index < -0.39 is 0 Å². The van der Waals surface area contributed by atoms with Gasteiger partial charge in [-0.05, 0) is 32.3 Å². The van der Waals surface area contributed by atoms with Crippen LogP contribution >= 0.6 is 0 Å². The van der Waals surface area contributed by atoms with Gasteiger partial charge in [0.1, 0.15) is 5.69 Å². The van der Waals surface area contributed by atoms with Gasteiger partial charge in [-0.2, -0.15) is 0 Å². The summed E-state index contributed by atoms with van der Waals surface area (Å²) >= 11 is 0. The molecule has 2 N–H and O–H groups in total. The number of aryl methyl sites for hydroxylation is 1. The Kier molecular flexibility index (Phi) is 4.10. The third-order valence-electron chi connectivity index (χ3n) is 3.51. The van der Waals surface area contributed by atoms with Crippen molar-refractivity contribution in [3.8, 4) is 0 Å². The molecule has 102 valence electrons. The minimum Gasteiger partial charge on any atom is -0.393 e. The Hall–Kier alpha value is -1.97. The summed E-state index contributed by atoms with van der Waals surface area (Å²) in [5.74, 6) is 0. The highest BCUT2D eigenvalue weighted by molar-refractivity contribution is 5.40. The van der Waals surface area contributed by atoms with Crippen LogP contribution in [0, 0.1) is 6.92 Å². The van der Waals surface area contributed by atoms with E-state index in [0.29, 0.717) is 12.2 Å². The van der Waals surface area contributed by atoms with Crippen LogP contribution in [-0.2, 0) is 19.5 Å². The highest BCUT2D eigenvalue weighted by atomic mass is 16.1. The fraction of sp³-hybridized carbons (Fsp3) is 0.400. The third-order valence-corrected chi connectivity index (χ3v) is 3.51. The van der Waals surface area contributed by atoms with Crippen LogP contribution in [-0.4, -0.2) is 9.36 Å². The Morgan fingerprint density at radius 1 is 1.16 bits per heavy atom. The molecule has 0 saturated heterocycles. The number of anilines is 1. The molecule has 0 spiro atoms. The minimum absolute atomic E-state index is 0.0626. The maximum atomic E-state index is 12.0. The molecule has 1 aromatic carbocycles. The number of nitrogens with two attached hydrogens (primary N) is 1. The molecule has 1 aromatic heterocycles. The van der Waals surface area contributed by atoms with Gasteiger partial charge in [0, 0.05) is 13.1 Å². The van der Waals surface area contributed by atoms with Crippen molar-refractivity contribution in [3.05, 3.63) is 51.9 Å². The predicted molar refractivity (Wildman–Crippen MR) is 78.3 cm³/mol. The molecule has 4 nitrogen and oxygen atoms in total. The Morgan fingerprint density at radius 2 is 1.84 bits per heavy atom. The van der Waals surface area contributed by atoms with Crippen molar-refractivity contribution in [2.45, 2.75) is 39.8 Å². The molecule has 0 saturated carbocycles. The van der Waals surface area contributed by atoms with Crippen LogP contribution in [0.4, 0.5) is 5.69 Å². The molecule has 0 atom stereocenters. The van der Waals surface area contributed by atoms with Crippen molar-refractivity contribution >= 4 is 5.69 Å². The van der Waals surface area contributed by atoms with Gasteiger partial charge < -0.3 is 5.73 Å². The highest BCUT2D eigenvalue weighted by Gasteiger charge is 2.12. The predicted octanol–water partition coefficient (Wildman–Crippen LogP) is 2.19. The second-order valence-corrected chi connectivity index (χ2v) is 4.73. The minimum atomic E-state index is -0.0626. The number of hydrogen-bond donors (Lipinski definition) is 1. The van der Waals surface area contributed by atoms with Crippen LogP contribution in [0.3, 0.4) is 0 Å². The maximum absolute atomic E-state index is 12.0. The van der Waals surface area contributed by atoms with E-state index in [4.69, 9.17) is 5.73 Å². The molecular weight excluding hydrogens is 238 g/mol. The number of nitrogens with zero attached hydrogens (tertiary/aromatic N) is 2. The molecule has 0 aliphatic rings. The lowest BCUT2D eigenvalue weighted by atomic mass is 10.1. The van der Waals surface area contributed by atoms with Gasteiger partial charge in [0.25, 0.3) is 5.56 Å². The van der Waals surface area contributed by atoms with Crippen LogP contribution in [0.5, 0.6) is 0 Å². The Bertz CT molecular complexity index is 596. The largest absolute Gasteiger partial charge is 0.393 e. The zero-order valence-corrected chi connectivity index (χ0v) is 11.6. The lowest BCUT2D eigenvalue weighted by Crippen LogP contribution is -2.24. The number of hydrogen-bond acceptors (Lipinski definition) is 2. The molecule has 0 amide bonds. The average Bonchev–Trinajstić information content (AvgIpc) is 2.64. The summed E-state index contributed by atoms with van der Waals surface area (Å²) < 4.78 is 3.72. The molecule has 0 fully saturated rings. The summed E-state index contributed by atoms with van der Waals surface area (Å²) in [4.78, 5) is 12.0. The third kappa shape index (κ3) is 2.72. The Labute approximate surface area is 113 Å². The molecule has 0 aliphatic heterocycles. The number of nitrogen functional groups attached to an aromatic ring is 1. The van der Waals surface area contributed by atoms with E-state index in [-0.39, 0.29) is 5.56 Å².